The van der Waals surface area contributed by atoms with Crippen LogP contribution < -0.4 is 20.9 Å². The van der Waals surface area contributed by atoms with Gasteiger partial charge in [-0.2, -0.15) is 0 Å². The average Bonchev–Trinajstić information content (AvgIpc) is 4.21. The van der Waals surface area contributed by atoms with Gasteiger partial charge in [0.15, 0.2) is 0 Å². The van der Waals surface area contributed by atoms with E-state index in [-0.39, 0.29) is 59.6 Å². The van der Waals surface area contributed by atoms with Crippen molar-refractivity contribution in [3.8, 4) is 5.75 Å². The molecular formula is C55H62FN9O12. The number of nitrogens with zero attached hydrogens (tertiary/aromatic N) is 6. The van der Waals surface area contributed by atoms with Gasteiger partial charge in [-0.25, -0.2) is 9.38 Å². The second-order valence-electron chi connectivity index (χ2n) is 19.8. The largest absolute Gasteiger partial charge is 0.508 e. The Morgan fingerprint density at radius 2 is 1.52 bits per heavy atom. The van der Waals surface area contributed by atoms with Gasteiger partial charge in [-0.1, -0.05) is 18.2 Å². The lowest BCUT2D eigenvalue weighted by molar-refractivity contribution is -0.136. The molecule has 0 spiro atoms. The molecule has 10 rings (SSSR count). The SMILES string of the molecule is O=C1CCC(N2C(=O)c3cccc(NCCOCCOCCOCCOCCC(=O)N4CCN(C5CCN(c6ccc7c(c6)C(=O)N(C(C(=O)NC6=NC=CC8=CC86)c6cc(F)ccc6O)C7)CC5)CC4)c3C2=O)C(=O)N1. The second kappa shape index (κ2) is 23.9. The topological polar surface area (TPSA) is 241 Å². The van der Waals surface area contributed by atoms with Crippen molar-refractivity contribution < 1.29 is 62.0 Å². The van der Waals surface area contributed by atoms with Gasteiger partial charge in [-0.3, -0.25) is 48.7 Å². The Labute approximate surface area is 444 Å². The van der Waals surface area contributed by atoms with Crippen LogP contribution in [0, 0.1) is 11.7 Å². The van der Waals surface area contributed by atoms with E-state index >= 15 is 0 Å². The van der Waals surface area contributed by atoms with Crippen LogP contribution in [0.1, 0.15) is 80.3 Å². The lowest BCUT2D eigenvalue weighted by atomic mass is 10.0. The number of fused-ring (bicyclic) bond motifs is 3. The number of ether oxygens (including phenoxy) is 4. The fourth-order valence-electron chi connectivity index (χ4n) is 10.9. The van der Waals surface area contributed by atoms with Crippen LogP contribution in [0.25, 0.3) is 0 Å². The number of anilines is 2. The van der Waals surface area contributed by atoms with Crippen LogP contribution in [0.2, 0.25) is 0 Å². The Morgan fingerprint density at radius 1 is 0.792 bits per heavy atom. The molecule has 3 fully saturated rings. The first-order valence-corrected chi connectivity index (χ1v) is 26.3. The number of piperidine rings is 2. The molecule has 4 N–H and O–H groups in total. The molecule has 3 saturated heterocycles. The van der Waals surface area contributed by atoms with Gasteiger partial charge in [0.2, 0.25) is 17.7 Å². The molecule has 7 amide bonds. The maximum Gasteiger partial charge on any atom is 0.264 e. The zero-order chi connectivity index (χ0) is 53.6. The Kier molecular flexibility index (Phi) is 16.5. The highest BCUT2D eigenvalue weighted by molar-refractivity contribution is 6.25. The summed E-state index contributed by atoms with van der Waals surface area (Å²) in [5.41, 5.74) is 3.99. The van der Waals surface area contributed by atoms with Crippen molar-refractivity contribution in [1.29, 1.82) is 0 Å². The van der Waals surface area contributed by atoms with E-state index in [2.05, 4.69) is 30.7 Å². The average molecular weight is 1060 g/mol. The first kappa shape index (κ1) is 53.0. The number of carbonyl (C=O) groups is 7. The van der Waals surface area contributed by atoms with Crippen LogP contribution in [-0.4, -0.2) is 183 Å². The minimum atomic E-state index is -1.30. The molecule has 6 aliphatic heterocycles. The molecule has 7 aliphatic rings. The number of hydrogen-bond acceptors (Lipinski definition) is 16. The van der Waals surface area contributed by atoms with Gasteiger partial charge >= 0.3 is 0 Å². The van der Waals surface area contributed by atoms with Gasteiger partial charge in [0.25, 0.3) is 23.6 Å². The van der Waals surface area contributed by atoms with Crippen molar-refractivity contribution in [1.82, 2.24) is 30.2 Å². The molecule has 0 aromatic heterocycles. The number of nitrogens with one attached hydrogen (secondary N) is 3. The predicted octanol–water partition coefficient (Wildman–Crippen LogP) is 2.91. The number of benzene rings is 3. The molecule has 77 heavy (non-hydrogen) atoms. The summed E-state index contributed by atoms with van der Waals surface area (Å²) in [6.45, 7) is 7.67. The Hall–Kier alpha value is -7.37. The van der Waals surface area contributed by atoms with Crippen molar-refractivity contribution in [3.63, 3.8) is 0 Å². The number of phenolic OH excluding ortho intramolecular Hbond substituents is 1. The number of aliphatic imine (C=N–C) groups is 1. The normalized spacial score (nSPS) is 20.7. The van der Waals surface area contributed by atoms with Crippen molar-refractivity contribution in [2.24, 2.45) is 10.9 Å². The summed E-state index contributed by atoms with van der Waals surface area (Å²) in [6.07, 6.45) is 7.68. The number of imide groups is 2. The van der Waals surface area contributed by atoms with Gasteiger partial charge in [-0.05, 0) is 78.9 Å². The maximum absolute atomic E-state index is 14.6. The fraction of sp³-hybridized carbons (Fsp3) is 0.455. The fourth-order valence-corrected chi connectivity index (χ4v) is 10.9. The van der Waals surface area contributed by atoms with E-state index in [4.69, 9.17) is 18.9 Å². The minimum absolute atomic E-state index is 0.00776. The van der Waals surface area contributed by atoms with Crippen molar-refractivity contribution in [3.05, 3.63) is 112 Å². The number of phenols is 1. The summed E-state index contributed by atoms with van der Waals surface area (Å²) in [5, 5.41) is 19.0. The van der Waals surface area contributed by atoms with Crippen molar-refractivity contribution in [2.75, 3.05) is 109 Å². The summed E-state index contributed by atoms with van der Waals surface area (Å²) in [5.74, 6) is -3.75. The summed E-state index contributed by atoms with van der Waals surface area (Å²) >= 11 is 0. The van der Waals surface area contributed by atoms with Crippen molar-refractivity contribution in [2.45, 2.75) is 56.8 Å². The molecule has 6 heterocycles. The molecule has 1 aliphatic carbocycles. The van der Waals surface area contributed by atoms with Gasteiger partial charge < -0.3 is 49.4 Å². The molecule has 0 bridgehead atoms. The van der Waals surface area contributed by atoms with Gasteiger partial charge in [-0.15, -0.1) is 0 Å². The highest BCUT2D eigenvalue weighted by atomic mass is 19.1. The number of amidine groups is 1. The van der Waals surface area contributed by atoms with E-state index in [0.717, 1.165) is 72.9 Å². The maximum atomic E-state index is 14.6. The third kappa shape index (κ3) is 12.0. The first-order chi connectivity index (χ1) is 37.4. The van der Waals surface area contributed by atoms with E-state index < -0.39 is 47.4 Å². The van der Waals surface area contributed by atoms with Crippen LogP contribution in [0.15, 0.2) is 83.5 Å². The summed E-state index contributed by atoms with van der Waals surface area (Å²) in [6, 6.07) is 12.1. The molecule has 3 aromatic carbocycles. The second-order valence-corrected chi connectivity index (χ2v) is 19.8. The molecular weight excluding hydrogens is 998 g/mol. The summed E-state index contributed by atoms with van der Waals surface area (Å²) in [7, 11) is 0. The molecule has 3 unspecified atom stereocenters. The van der Waals surface area contributed by atoms with Gasteiger partial charge in [0, 0.05) is 93.5 Å². The number of halogens is 1. The van der Waals surface area contributed by atoms with Crippen molar-refractivity contribution >= 4 is 58.6 Å². The third-order valence-electron chi connectivity index (χ3n) is 15.0. The standard InChI is InChI=1S/C55H62FN9O12/c56-36-5-8-45(66)42(31-36)49(52(70)60-50-40-30-34(40)10-14-58-50)64-33-35-4-6-38(32-41(35)53(64)71)61-16-11-37(12-17-61)62-18-20-63(21-19-62)47(68)13-22-74-24-26-76-28-29-77-27-25-75-23-15-57-43-3-1-2-39-48(43)55(73)65(54(39)72)44-7-9-46(67)59-51(44)69/h1-6,8,10,14,30-32,37,40,44,49,57,66H,7,9,11-13,15-29,33H2,(H,58,60,70)(H,59,67,69). The van der Waals surface area contributed by atoms with E-state index in [0.29, 0.717) is 102 Å². The molecule has 0 saturated carbocycles. The van der Waals surface area contributed by atoms with Crippen LogP contribution in [0.4, 0.5) is 15.8 Å². The Balaban J connectivity index is 0.565. The Bertz CT molecular complexity index is 2900. The zero-order valence-corrected chi connectivity index (χ0v) is 42.6. The monoisotopic (exact) mass is 1060 g/mol. The van der Waals surface area contributed by atoms with Gasteiger partial charge in [0.05, 0.1) is 76.3 Å². The predicted molar refractivity (Wildman–Crippen MR) is 276 cm³/mol. The molecule has 3 atom stereocenters. The summed E-state index contributed by atoms with van der Waals surface area (Å²) < 4.78 is 37.1. The molecule has 406 valence electrons. The smallest absolute Gasteiger partial charge is 0.264 e. The Morgan fingerprint density at radius 3 is 2.26 bits per heavy atom. The summed E-state index contributed by atoms with van der Waals surface area (Å²) in [4.78, 5) is 105. The van der Waals surface area contributed by atoms with Crippen LogP contribution >= 0.6 is 0 Å². The molecule has 3 aromatic rings. The van der Waals surface area contributed by atoms with Gasteiger partial charge in [0.1, 0.15) is 29.5 Å². The molecule has 0 radical (unpaired) electrons. The van der Waals surface area contributed by atoms with Crippen LogP contribution in [0.3, 0.4) is 0 Å². The van der Waals surface area contributed by atoms with Crippen LogP contribution in [-0.2, 0) is 44.7 Å². The number of hydrogen-bond donors (Lipinski definition) is 4. The number of allylic oxidation sites excluding steroid dienone is 1. The number of piperazine rings is 1. The molecule has 22 heteroatoms. The minimum Gasteiger partial charge on any atom is -0.508 e. The number of rotatable bonds is 22. The van der Waals surface area contributed by atoms with E-state index in [1.165, 1.54) is 11.0 Å². The third-order valence-corrected chi connectivity index (χ3v) is 15.0. The van der Waals surface area contributed by atoms with Crippen LogP contribution in [0.5, 0.6) is 5.75 Å². The zero-order valence-electron chi connectivity index (χ0n) is 42.6. The molecule has 21 nitrogen and oxygen atoms in total. The van der Waals surface area contributed by atoms with E-state index in [1.54, 1.807) is 24.4 Å². The quantitative estimate of drug-likeness (QED) is 0.0836. The number of carbonyl (C=O) groups excluding carboxylic acids is 7. The number of amides is 7. The first-order valence-electron chi connectivity index (χ1n) is 26.3. The highest BCUT2D eigenvalue weighted by Crippen LogP contribution is 2.39. The highest BCUT2D eigenvalue weighted by Gasteiger charge is 2.46. The lowest BCUT2D eigenvalue weighted by Crippen LogP contribution is -2.54. The lowest BCUT2D eigenvalue weighted by Gasteiger charge is -2.43. The van der Waals surface area contributed by atoms with E-state index in [1.807, 2.05) is 35.3 Å². The number of aromatic hydroxyl groups is 1. The van der Waals surface area contributed by atoms with E-state index in [9.17, 15) is 43.1 Å².